The number of morpholine rings is 1. The average molecular weight is 764 g/mol. The number of likely N-dealkylation sites (tertiary alicyclic amines) is 1. The molecule has 3 atom stereocenters. The molecule has 1 aromatic heterocycles. The molecule has 0 aliphatic carbocycles. The zero-order chi connectivity index (χ0) is 39.6. The molecule has 3 heterocycles. The summed E-state index contributed by atoms with van der Waals surface area (Å²) in [6, 6.07) is 28.6. The Hall–Kier alpha value is -5.06. The molecule has 2 aliphatic rings. The Kier molecular flexibility index (Phi) is 11.6. The number of hydrogen-bond donors (Lipinski definition) is 0. The monoisotopic (exact) mass is 763 g/mol. The first-order valence-corrected chi connectivity index (χ1v) is 19.6. The van der Waals surface area contributed by atoms with Crippen molar-refractivity contribution in [3.8, 4) is 0 Å². The largest absolute Gasteiger partial charge is 0.440 e. The quantitative estimate of drug-likeness (QED) is 0.140. The summed E-state index contributed by atoms with van der Waals surface area (Å²) in [4.78, 5) is 33.7. The summed E-state index contributed by atoms with van der Waals surface area (Å²) in [5.41, 5.74) is 3.51. The van der Waals surface area contributed by atoms with Gasteiger partial charge in [0.1, 0.15) is 17.2 Å². The summed E-state index contributed by atoms with van der Waals surface area (Å²) >= 11 is 0. The lowest BCUT2D eigenvalue weighted by Crippen LogP contribution is -2.42. The van der Waals surface area contributed by atoms with Crippen molar-refractivity contribution in [1.29, 1.82) is 0 Å². The highest BCUT2D eigenvalue weighted by molar-refractivity contribution is 5.99. The van der Waals surface area contributed by atoms with Gasteiger partial charge in [-0.2, -0.15) is 0 Å². The molecule has 0 spiro atoms. The standard InChI is InChI=1S/C46H51F2N3O5/c1-30(49(5)36-27-34(47)26-35(48)28-36)38-24-33(25-39-40(52)29-41(56-44(38)39)50-20-22-54-23-21-50)45(53)51-18-16-37(17-19-51)55-43(32-14-10-7-11-15-32)42(46(2,3)4)31-12-8-6-9-13-31/h6-15,24-30,37,42-43H,16-23H2,1-5H3. The second kappa shape index (κ2) is 16.6. The Bertz CT molecular complexity index is 2170. The minimum absolute atomic E-state index is 0.0732. The van der Waals surface area contributed by atoms with Crippen LogP contribution in [0.4, 0.5) is 20.4 Å². The van der Waals surface area contributed by atoms with Gasteiger partial charge in [-0.15, -0.1) is 0 Å². The number of anilines is 2. The fraction of sp³-hybridized carbons (Fsp3) is 0.391. The van der Waals surface area contributed by atoms with Crippen molar-refractivity contribution in [2.45, 2.75) is 64.7 Å². The van der Waals surface area contributed by atoms with Gasteiger partial charge in [0.25, 0.3) is 5.91 Å². The predicted octanol–water partition coefficient (Wildman–Crippen LogP) is 9.30. The number of ether oxygens (including phenoxy) is 2. The number of halogens is 2. The van der Waals surface area contributed by atoms with Crippen LogP contribution in [0, 0.1) is 17.0 Å². The van der Waals surface area contributed by atoms with Gasteiger partial charge < -0.3 is 28.6 Å². The van der Waals surface area contributed by atoms with Crippen LogP contribution in [0.2, 0.25) is 0 Å². The van der Waals surface area contributed by atoms with Crippen molar-refractivity contribution in [1.82, 2.24) is 4.90 Å². The summed E-state index contributed by atoms with van der Waals surface area (Å²) < 4.78 is 47.7. The molecule has 7 rings (SSSR count). The van der Waals surface area contributed by atoms with Crippen LogP contribution in [-0.2, 0) is 9.47 Å². The molecule has 2 saturated heterocycles. The Labute approximate surface area is 327 Å². The van der Waals surface area contributed by atoms with Crippen LogP contribution in [0.3, 0.4) is 0 Å². The Morgan fingerprint density at radius 3 is 2.05 bits per heavy atom. The van der Waals surface area contributed by atoms with Gasteiger partial charge in [0.05, 0.1) is 36.8 Å². The highest BCUT2D eigenvalue weighted by Crippen LogP contribution is 2.47. The van der Waals surface area contributed by atoms with Crippen molar-refractivity contribution in [3.63, 3.8) is 0 Å². The molecule has 0 N–H and O–H groups in total. The lowest BCUT2D eigenvalue weighted by Gasteiger charge is -2.41. The minimum atomic E-state index is -0.703. The van der Waals surface area contributed by atoms with Gasteiger partial charge in [0.15, 0.2) is 11.3 Å². The molecule has 2 fully saturated rings. The van der Waals surface area contributed by atoms with Crippen LogP contribution < -0.4 is 15.2 Å². The summed E-state index contributed by atoms with van der Waals surface area (Å²) in [5.74, 6) is -1.11. The third kappa shape index (κ3) is 8.51. The molecule has 2 aliphatic heterocycles. The SMILES string of the molecule is CC(c1cc(C(=O)N2CCC(OC(c3ccccc3)C(c3ccccc3)C(C)(C)C)CC2)cc2c(=O)cc(N3CCOCC3)oc12)N(C)c1cc(F)cc(F)c1. The molecule has 8 nitrogen and oxygen atoms in total. The van der Waals surface area contributed by atoms with Crippen LogP contribution in [0.15, 0.2) is 106 Å². The molecular weight excluding hydrogens is 713 g/mol. The molecular formula is C46H51F2N3O5. The van der Waals surface area contributed by atoms with Crippen molar-refractivity contribution >= 4 is 28.4 Å². The van der Waals surface area contributed by atoms with E-state index in [0.717, 1.165) is 11.6 Å². The van der Waals surface area contributed by atoms with E-state index in [4.69, 9.17) is 13.9 Å². The molecule has 10 heteroatoms. The van der Waals surface area contributed by atoms with Gasteiger partial charge in [0.2, 0.25) is 0 Å². The average Bonchev–Trinajstić information content (AvgIpc) is 3.20. The number of piperidine rings is 1. The molecule has 3 unspecified atom stereocenters. The number of fused-ring (bicyclic) bond motifs is 1. The summed E-state index contributed by atoms with van der Waals surface area (Å²) in [6.07, 6.45) is 1.03. The first-order valence-electron chi connectivity index (χ1n) is 19.6. The van der Waals surface area contributed by atoms with Crippen LogP contribution in [0.25, 0.3) is 11.0 Å². The van der Waals surface area contributed by atoms with Crippen LogP contribution in [0.1, 0.15) is 85.6 Å². The lowest BCUT2D eigenvalue weighted by atomic mass is 9.71. The summed E-state index contributed by atoms with van der Waals surface area (Å²) in [5, 5.41) is 0.270. The summed E-state index contributed by atoms with van der Waals surface area (Å²) in [6.45, 7) is 11.7. The number of carbonyl (C=O) groups is 1. The molecule has 0 radical (unpaired) electrons. The van der Waals surface area contributed by atoms with Crippen LogP contribution >= 0.6 is 0 Å². The maximum Gasteiger partial charge on any atom is 0.253 e. The van der Waals surface area contributed by atoms with E-state index < -0.39 is 17.7 Å². The number of carbonyl (C=O) groups excluding carboxylic acids is 1. The first kappa shape index (κ1) is 39.2. The van der Waals surface area contributed by atoms with E-state index in [0.29, 0.717) is 80.5 Å². The van der Waals surface area contributed by atoms with Gasteiger partial charge in [-0.25, -0.2) is 8.78 Å². The van der Waals surface area contributed by atoms with E-state index in [2.05, 4.69) is 69.3 Å². The molecule has 294 valence electrons. The molecule has 56 heavy (non-hydrogen) atoms. The predicted molar refractivity (Wildman–Crippen MR) is 217 cm³/mol. The van der Waals surface area contributed by atoms with Crippen molar-refractivity contribution in [2.24, 2.45) is 5.41 Å². The van der Waals surface area contributed by atoms with E-state index >= 15 is 0 Å². The Morgan fingerprint density at radius 2 is 1.45 bits per heavy atom. The van der Waals surface area contributed by atoms with Crippen molar-refractivity contribution in [2.75, 3.05) is 56.2 Å². The zero-order valence-corrected chi connectivity index (χ0v) is 32.8. The fourth-order valence-corrected chi connectivity index (χ4v) is 8.19. The molecule has 0 bridgehead atoms. The lowest BCUT2D eigenvalue weighted by molar-refractivity contribution is -0.0677. The summed E-state index contributed by atoms with van der Waals surface area (Å²) in [7, 11) is 1.72. The normalized spacial score (nSPS) is 17.1. The van der Waals surface area contributed by atoms with E-state index in [1.165, 1.54) is 23.8 Å². The van der Waals surface area contributed by atoms with Gasteiger partial charge in [0, 0.05) is 68.1 Å². The van der Waals surface area contributed by atoms with Crippen molar-refractivity contribution < 1.29 is 27.5 Å². The minimum Gasteiger partial charge on any atom is -0.440 e. The first-order chi connectivity index (χ1) is 26.9. The third-order valence-electron chi connectivity index (χ3n) is 11.3. The van der Waals surface area contributed by atoms with Gasteiger partial charge in [-0.3, -0.25) is 9.59 Å². The maximum atomic E-state index is 14.4. The Balaban J connectivity index is 1.17. The second-order valence-electron chi connectivity index (χ2n) is 16.1. The maximum absolute atomic E-state index is 14.4. The fourth-order valence-electron chi connectivity index (χ4n) is 8.19. The number of benzene rings is 4. The molecule has 0 saturated carbocycles. The third-order valence-corrected chi connectivity index (χ3v) is 11.3. The smallest absolute Gasteiger partial charge is 0.253 e. The van der Waals surface area contributed by atoms with E-state index in [-0.39, 0.29) is 40.3 Å². The topological polar surface area (TPSA) is 75.5 Å². The zero-order valence-electron chi connectivity index (χ0n) is 32.8. The number of nitrogens with zero attached hydrogens (tertiary/aromatic N) is 3. The van der Waals surface area contributed by atoms with Crippen molar-refractivity contribution in [3.05, 3.63) is 141 Å². The van der Waals surface area contributed by atoms with E-state index in [9.17, 15) is 18.4 Å². The highest BCUT2D eigenvalue weighted by Gasteiger charge is 2.38. The number of hydrogen-bond acceptors (Lipinski definition) is 7. The van der Waals surface area contributed by atoms with E-state index in [1.54, 1.807) is 24.1 Å². The van der Waals surface area contributed by atoms with Crippen LogP contribution in [0.5, 0.6) is 0 Å². The van der Waals surface area contributed by atoms with Gasteiger partial charge >= 0.3 is 0 Å². The molecule has 5 aromatic rings. The highest BCUT2D eigenvalue weighted by atomic mass is 19.1. The Morgan fingerprint density at radius 1 is 0.839 bits per heavy atom. The van der Waals surface area contributed by atoms with Gasteiger partial charge in [-0.05, 0) is 60.6 Å². The van der Waals surface area contributed by atoms with Gasteiger partial charge in [-0.1, -0.05) is 81.4 Å². The van der Waals surface area contributed by atoms with Crippen LogP contribution in [-0.4, -0.2) is 63.4 Å². The number of rotatable bonds is 10. The second-order valence-corrected chi connectivity index (χ2v) is 16.1. The molecule has 1 amide bonds. The number of amides is 1. The van der Waals surface area contributed by atoms with E-state index in [1.807, 2.05) is 28.9 Å². The molecule has 4 aromatic carbocycles.